The van der Waals surface area contributed by atoms with Crippen LogP contribution in [0.25, 0.3) is 10.9 Å². The molecule has 0 bridgehead atoms. The van der Waals surface area contributed by atoms with Crippen LogP contribution in [0.2, 0.25) is 0 Å². The molecule has 0 aliphatic carbocycles. The number of anilines is 1. The number of benzene rings is 1. The van der Waals surface area contributed by atoms with Gasteiger partial charge in [-0.15, -0.1) is 0 Å². The van der Waals surface area contributed by atoms with Crippen LogP contribution in [-0.2, 0) is 11.3 Å². The lowest BCUT2D eigenvalue weighted by Crippen LogP contribution is -2.14. The van der Waals surface area contributed by atoms with Crippen LogP contribution in [0, 0.1) is 5.92 Å². The molecule has 7 nitrogen and oxygen atoms in total. The van der Waals surface area contributed by atoms with Gasteiger partial charge in [-0.05, 0) is 24.6 Å². The van der Waals surface area contributed by atoms with Crippen molar-refractivity contribution in [3.8, 4) is 5.75 Å². The van der Waals surface area contributed by atoms with Crippen molar-refractivity contribution in [2.45, 2.75) is 19.4 Å². The average Bonchev–Trinajstić information content (AvgIpc) is 3.36. The minimum atomic E-state index is -2.71. The topological polar surface area (TPSA) is 78.3 Å². The Morgan fingerprint density at radius 1 is 1.41 bits per heavy atom. The van der Waals surface area contributed by atoms with E-state index in [2.05, 4.69) is 15.4 Å². The zero-order valence-electron chi connectivity index (χ0n) is 15.8. The molecule has 1 aliphatic rings. The number of amides is 1. The van der Waals surface area contributed by atoms with E-state index in [-0.39, 0.29) is 11.4 Å². The SMILES string of the molecule is COc1cc2nn(C[C@@H]3CCOC3)cc2cc1C(=O)Nc1cccc(C(F)F)n1. The van der Waals surface area contributed by atoms with Gasteiger partial charge in [-0.25, -0.2) is 13.8 Å². The summed E-state index contributed by atoms with van der Waals surface area (Å²) in [7, 11) is 1.46. The number of hydrogen-bond acceptors (Lipinski definition) is 5. The number of carbonyl (C=O) groups excluding carboxylic acids is 1. The molecule has 1 amide bonds. The van der Waals surface area contributed by atoms with Gasteiger partial charge in [-0.1, -0.05) is 6.07 Å². The van der Waals surface area contributed by atoms with Gasteiger partial charge in [-0.2, -0.15) is 5.10 Å². The highest BCUT2D eigenvalue weighted by Crippen LogP contribution is 2.27. The summed E-state index contributed by atoms with van der Waals surface area (Å²) in [6, 6.07) is 7.44. The Bertz CT molecular complexity index is 1030. The second-order valence-electron chi connectivity index (χ2n) is 6.89. The maximum Gasteiger partial charge on any atom is 0.280 e. The van der Waals surface area contributed by atoms with Crippen LogP contribution in [0.1, 0.15) is 28.9 Å². The summed E-state index contributed by atoms with van der Waals surface area (Å²) in [4.78, 5) is 16.5. The number of rotatable bonds is 6. The van der Waals surface area contributed by atoms with Gasteiger partial charge >= 0.3 is 0 Å². The molecule has 0 radical (unpaired) electrons. The predicted octanol–water partition coefficient (Wildman–Crippen LogP) is 3.67. The van der Waals surface area contributed by atoms with Gasteiger partial charge in [0.25, 0.3) is 12.3 Å². The van der Waals surface area contributed by atoms with E-state index in [0.717, 1.165) is 31.6 Å². The lowest BCUT2D eigenvalue weighted by Gasteiger charge is -2.10. The number of halogens is 2. The van der Waals surface area contributed by atoms with E-state index in [4.69, 9.17) is 9.47 Å². The predicted molar refractivity (Wildman–Crippen MR) is 102 cm³/mol. The van der Waals surface area contributed by atoms with Crippen LogP contribution in [0.4, 0.5) is 14.6 Å². The Morgan fingerprint density at radius 2 is 2.28 bits per heavy atom. The van der Waals surface area contributed by atoms with E-state index >= 15 is 0 Å². The summed E-state index contributed by atoms with van der Waals surface area (Å²) in [5.74, 6) is 0.308. The maximum absolute atomic E-state index is 12.8. The first-order chi connectivity index (χ1) is 14.0. The number of pyridine rings is 1. The molecule has 152 valence electrons. The molecule has 0 unspecified atom stereocenters. The molecule has 1 saturated heterocycles. The Kier molecular flexibility index (Phi) is 5.39. The number of hydrogen-bond donors (Lipinski definition) is 1. The van der Waals surface area contributed by atoms with Gasteiger partial charge in [0, 0.05) is 36.7 Å². The summed E-state index contributed by atoms with van der Waals surface area (Å²) in [6.07, 6.45) is 0.158. The molecule has 29 heavy (non-hydrogen) atoms. The first-order valence-electron chi connectivity index (χ1n) is 9.23. The average molecular weight is 402 g/mol. The minimum absolute atomic E-state index is 0.0480. The number of nitrogens with zero attached hydrogens (tertiary/aromatic N) is 3. The minimum Gasteiger partial charge on any atom is -0.496 e. The zero-order valence-corrected chi connectivity index (χ0v) is 15.8. The highest BCUT2D eigenvalue weighted by molar-refractivity contribution is 6.08. The van der Waals surface area contributed by atoms with E-state index in [9.17, 15) is 13.6 Å². The van der Waals surface area contributed by atoms with E-state index < -0.39 is 18.0 Å². The van der Waals surface area contributed by atoms with Crippen molar-refractivity contribution < 1.29 is 23.0 Å². The van der Waals surface area contributed by atoms with Gasteiger partial charge in [0.2, 0.25) is 0 Å². The van der Waals surface area contributed by atoms with Crippen molar-refractivity contribution in [1.82, 2.24) is 14.8 Å². The summed E-state index contributed by atoms with van der Waals surface area (Å²) in [6.45, 7) is 2.23. The van der Waals surface area contributed by atoms with Gasteiger partial charge < -0.3 is 14.8 Å². The third kappa shape index (κ3) is 4.19. The Balaban J connectivity index is 1.59. The van der Waals surface area contributed by atoms with Crippen LogP contribution >= 0.6 is 0 Å². The normalized spacial score (nSPS) is 16.5. The summed E-state index contributed by atoms with van der Waals surface area (Å²) in [5, 5.41) is 7.89. The maximum atomic E-state index is 12.8. The molecule has 1 aromatic carbocycles. The standard InChI is InChI=1S/C20H20F2N4O3/c1-28-17-8-16-13(10-26(25-16)9-12-5-6-29-11-12)7-14(17)20(27)24-18-4-2-3-15(23-18)19(21)22/h2-4,7-8,10,12,19H,5-6,9,11H2,1H3,(H,23,24,27)/t12-/m0/s1. The van der Waals surface area contributed by atoms with E-state index in [1.807, 2.05) is 10.9 Å². The van der Waals surface area contributed by atoms with Crippen molar-refractivity contribution in [3.05, 3.63) is 47.8 Å². The quantitative estimate of drug-likeness (QED) is 0.681. The number of aromatic nitrogens is 3. The molecule has 1 fully saturated rings. The second-order valence-corrected chi connectivity index (χ2v) is 6.89. The van der Waals surface area contributed by atoms with Crippen molar-refractivity contribution >= 4 is 22.6 Å². The van der Waals surface area contributed by atoms with Crippen LogP contribution < -0.4 is 10.1 Å². The Morgan fingerprint density at radius 3 is 3.00 bits per heavy atom. The smallest absolute Gasteiger partial charge is 0.280 e. The van der Waals surface area contributed by atoms with Crippen LogP contribution in [0.5, 0.6) is 5.75 Å². The number of carbonyl (C=O) groups is 1. The Labute approximate surface area is 165 Å². The first-order valence-corrected chi connectivity index (χ1v) is 9.23. The molecule has 0 spiro atoms. The molecule has 0 saturated carbocycles. The van der Waals surface area contributed by atoms with Gasteiger partial charge in [-0.3, -0.25) is 9.48 Å². The van der Waals surface area contributed by atoms with E-state index in [1.54, 1.807) is 12.1 Å². The van der Waals surface area contributed by atoms with Crippen LogP contribution in [0.15, 0.2) is 36.5 Å². The largest absolute Gasteiger partial charge is 0.496 e. The number of nitrogens with one attached hydrogen (secondary N) is 1. The third-order valence-corrected chi connectivity index (χ3v) is 4.82. The van der Waals surface area contributed by atoms with Crippen molar-refractivity contribution in [2.24, 2.45) is 5.92 Å². The monoisotopic (exact) mass is 402 g/mol. The fraction of sp³-hybridized carbons (Fsp3) is 0.350. The van der Waals surface area contributed by atoms with Gasteiger partial charge in [0.15, 0.2) is 0 Å². The van der Waals surface area contributed by atoms with E-state index in [0.29, 0.717) is 17.2 Å². The second kappa shape index (κ2) is 8.12. The van der Waals surface area contributed by atoms with Crippen LogP contribution in [0.3, 0.4) is 0 Å². The molecule has 1 aliphatic heterocycles. The summed E-state index contributed by atoms with van der Waals surface area (Å²) < 4.78 is 38.3. The third-order valence-electron chi connectivity index (χ3n) is 4.82. The molecule has 2 aromatic heterocycles. The van der Waals surface area contributed by atoms with Crippen LogP contribution in [-0.4, -0.2) is 41.0 Å². The fourth-order valence-corrected chi connectivity index (χ4v) is 3.36. The molecule has 3 heterocycles. The first kappa shape index (κ1) is 19.3. The lowest BCUT2D eigenvalue weighted by molar-refractivity contribution is 0.102. The highest BCUT2D eigenvalue weighted by atomic mass is 19.3. The summed E-state index contributed by atoms with van der Waals surface area (Å²) in [5.41, 5.74) is 0.575. The zero-order chi connectivity index (χ0) is 20.4. The lowest BCUT2D eigenvalue weighted by atomic mass is 10.1. The number of alkyl halides is 2. The molecule has 4 rings (SSSR count). The number of ether oxygens (including phenoxy) is 2. The van der Waals surface area contributed by atoms with Gasteiger partial charge in [0.05, 0.1) is 24.8 Å². The van der Waals surface area contributed by atoms with E-state index in [1.165, 1.54) is 25.3 Å². The van der Waals surface area contributed by atoms with Crippen molar-refractivity contribution in [3.63, 3.8) is 0 Å². The summed E-state index contributed by atoms with van der Waals surface area (Å²) >= 11 is 0. The molecule has 1 atom stereocenters. The molecule has 1 N–H and O–H groups in total. The fourth-order valence-electron chi connectivity index (χ4n) is 3.36. The highest BCUT2D eigenvalue weighted by Gasteiger charge is 2.19. The van der Waals surface area contributed by atoms with Crippen molar-refractivity contribution in [2.75, 3.05) is 25.6 Å². The van der Waals surface area contributed by atoms with Gasteiger partial charge in [0.1, 0.15) is 17.3 Å². The molecule has 9 heteroatoms. The number of fused-ring (bicyclic) bond motifs is 1. The molecular weight excluding hydrogens is 382 g/mol. The van der Waals surface area contributed by atoms with Crippen molar-refractivity contribution in [1.29, 1.82) is 0 Å². The number of methoxy groups -OCH3 is 1. The molecular formula is C20H20F2N4O3. The molecule has 3 aromatic rings. The Hall–Kier alpha value is -3.07.